The minimum Gasteiger partial charge on any atom is -0.341 e. The van der Waals surface area contributed by atoms with Gasteiger partial charge in [0, 0.05) is 13.8 Å². The van der Waals surface area contributed by atoms with Gasteiger partial charge in [0.15, 0.2) is 0 Å². The third kappa shape index (κ3) is 1.40. The van der Waals surface area contributed by atoms with Crippen LogP contribution in [0.3, 0.4) is 0 Å². The molecule has 0 saturated carbocycles. The summed E-state index contributed by atoms with van der Waals surface area (Å²) in [7, 11) is 0. The zero-order chi connectivity index (χ0) is 12.9. The van der Waals surface area contributed by atoms with Crippen LogP contribution < -0.4 is 10.6 Å². The van der Waals surface area contributed by atoms with Crippen LogP contribution in [0.5, 0.6) is 0 Å². The van der Waals surface area contributed by atoms with E-state index >= 15 is 0 Å². The van der Waals surface area contributed by atoms with Gasteiger partial charge < -0.3 is 20.4 Å². The Bertz CT molecular complexity index is 472. The molecule has 9 nitrogen and oxygen atoms in total. The molecule has 2 N–H and O–H groups in total. The van der Waals surface area contributed by atoms with Gasteiger partial charge in [-0.3, -0.25) is 9.59 Å². The van der Waals surface area contributed by atoms with Gasteiger partial charge in [-0.2, -0.15) is 0 Å². The van der Waals surface area contributed by atoms with Crippen molar-refractivity contribution >= 4 is 23.5 Å². The van der Waals surface area contributed by atoms with Gasteiger partial charge in [0.1, 0.15) is 12.3 Å². The van der Waals surface area contributed by atoms with E-state index < -0.39 is 0 Å². The molecular formula is C9H12N6O3. The van der Waals surface area contributed by atoms with Crippen LogP contribution in [0, 0.1) is 0 Å². The van der Waals surface area contributed by atoms with Crippen LogP contribution in [0.15, 0.2) is 4.63 Å². The molecule has 0 radical (unpaired) electrons. The Balaban J connectivity index is 1.96. The van der Waals surface area contributed by atoms with Gasteiger partial charge in [0.05, 0.1) is 6.67 Å². The Labute approximate surface area is 102 Å². The summed E-state index contributed by atoms with van der Waals surface area (Å²) < 4.78 is 4.59. The van der Waals surface area contributed by atoms with E-state index in [2.05, 4.69) is 25.6 Å². The first-order valence-corrected chi connectivity index (χ1v) is 5.48. The predicted octanol–water partition coefficient (Wildman–Crippen LogP) is -0.773. The highest BCUT2D eigenvalue weighted by Crippen LogP contribution is 2.31. The third-order valence-corrected chi connectivity index (χ3v) is 3.14. The van der Waals surface area contributed by atoms with Gasteiger partial charge in [0.25, 0.3) is 0 Å². The van der Waals surface area contributed by atoms with Crippen LogP contribution in [0.25, 0.3) is 0 Å². The summed E-state index contributed by atoms with van der Waals surface area (Å²) in [6.07, 6.45) is -0.739. The minimum absolute atomic E-state index is 0.122. The first-order chi connectivity index (χ1) is 8.58. The number of amides is 2. The Kier molecular flexibility index (Phi) is 2.15. The van der Waals surface area contributed by atoms with E-state index in [1.165, 1.54) is 13.8 Å². The van der Waals surface area contributed by atoms with Crippen LogP contribution in [-0.2, 0) is 9.59 Å². The lowest BCUT2D eigenvalue weighted by Crippen LogP contribution is -2.52. The van der Waals surface area contributed by atoms with Gasteiger partial charge in [-0.15, -0.1) is 0 Å². The first-order valence-electron chi connectivity index (χ1n) is 5.48. The maximum Gasteiger partial charge on any atom is 0.222 e. The Morgan fingerprint density at radius 1 is 1.11 bits per heavy atom. The van der Waals surface area contributed by atoms with E-state index in [9.17, 15) is 9.59 Å². The van der Waals surface area contributed by atoms with Crippen LogP contribution in [-0.4, -0.2) is 50.9 Å². The standard InChI is InChI=1S/C9H12N6O3/c1-4(16)14-3-15(5(2)17)9-8(14)10-6-7(11-9)13-18-12-6/h8-9H,3H2,1-2H3,(H,10,12)(H,11,13). The molecule has 2 aliphatic heterocycles. The van der Waals surface area contributed by atoms with Crippen molar-refractivity contribution < 1.29 is 14.2 Å². The lowest BCUT2D eigenvalue weighted by atomic mass is 10.3. The number of nitrogens with zero attached hydrogens (tertiary/aromatic N) is 4. The number of rotatable bonds is 0. The summed E-state index contributed by atoms with van der Waals surface area (Å²) in [6.45, 7) is 3.15. The second-order valence-corrected chi connectivity index (χ2v) is 4.26. The van der Waals surface area contributed by atoms with E-state index in [1.807, 2.05) is 0 Å². The third-order valence-electron chi connectivity index (χ3n) is 3.14. The van der Waals surface area contributed by atoms with Crippen molar-refractivity contribution in [3.8, 4) is 0 Å². The predicted molar refractivity (Wildman–Crippen MR) is 59.0 cm³/mol. The highest BCUT2D eigenvalue weighted by atomic mass is 16.6. The Hall–Kier alpha value is -2.32. The molecule has 0 spiro atoms. The molecule has 1 aromatic rings. The molecule has 9 heteroatoms. The number of fused-ring (bicyclic) bond motifs is 2. The second kappa shape index (κ2) is 3.59. The zero-order valence-electron chi connectivity index (χ0n) is 9.88. The smallest absolute Gasteiger partial charge is 0.222 e. The molecule has 0 aliphatic carbocycles. The molecule has 1 saturated heterocycles. The molecule has 0 bridgehead atoms. The molecule has 96 valence electrons. The lowest BCUT2D eigenvalue weighted by molar-refractivity contribution is -0.132. The van der Waals surface area contributed by atoms with E-state index in [0.717, 1.165) is 0 Å². The SMILES string of the molecule is CC(=O)N1CN(C(C)=O)C2Nc3nonc3NC21. The van der Waals surface area contributed by atoms with Crippen molar-refractivity contribution in [2.75, 3.05) is 17.3 Å². The average molecular weight is 252 g/mol. The summed E-state index contributed by atoms with van der Waals surface area (Å²) in [5, 5.41) is 13.4. The van der Waals surface area contributed by atoms with Crippen LogP contribution in [0.4, 0.5) is 11.6 Å². The number of anilines is 2. The molecule has 1 aromatic heterocycles. The number of carbonyl (C=O) groups excluding carboxylic acids is 2. The molecule has 2 unspecified atom stereocenters. The highest BCUT2D eigenvalue weighted by Gasteiger charge is 2.46. The number of hydrogen-bond donors (Lipinski definition) is 2. The fourth-order valence-electron chi connectivity index (χ4n) is 2.24. The summed E-state index contributed by atoms with van der Waals surface area (Å²) >= 11 is 0. The first kappa shape index (κ1) is 10.8. The van der Waals surface area contributed by atoms with Crippen LogP contribution in [0.1, 0.15) is 13.8 Å². The molecule has 2 amide bonds. The van der Waals surface area contributed by atoms with Crippen LogP contribution >= 0.6 is 0 Å². The molecule has 18 heavy (non-hydrogen) atoms. The number of aromatic nitrogens is 2. The van der Waals surface area contributed by atoms with E-state index in [1.54, 1.807) is 9.80 Å². The quantitative estimate of drug-likeness (QED) is 0.624. The van der Waals surface area contributed by atoms with Crippen molar-refractivity contribution in [1.29, 1.82) is 0 Å². The number of hydrogen-bond acceptors (Lipinski definition) is 7. The maximum atomic E-state index is 11.6. The fraction of sp³-hybridized carbons (Fsp3) is 0.556. The largest absolute Gasteiger partial charge is 0.341 e. The van der Waals surface area contributed by atoms with E-state index in [0.29, 0.717) is 11.6 Å². The summed E-state index contributed by atoms with van der Waals surface area (Å²) in [6, 6.07) is 0. The lowest BCUT2D eigenvalue weighted by Gasteiger charge is -2.32. The highest BCUT2D eigenvalue weighted by molar-refractivity contribution is 5.80. The molecule has 1 fully saturated rings. The molecular weight excluding hydrogens is 240 g/mol. The van der Waals surface area contributed by atoms with Gasteiger partial charge in [-0.1, -0.05) is 0 Å². The number of nitrogens with one attached hydrogen (secondary N) is 2. The van der Waals surface area contributed by atoms with Crippen molar-refractivity contribution in [2.45, 2.75) is 26.2 Å². The monoisotopic (exact) mass is 252 g/mol. The normalized spacial score (nSPS) is 25.0. The molecule has 2 aliphatic rings. The van der Waals surface area contributed by atoms with E-state index in [-0.39, 0.29) is 30.8 Å². The van der Waals surface area contributed by atoms with E-state index in [4.69, 9.17) is 0 Å². The Morgan fingerprint density at radius 3 is 1.94 bits per heavy atom. The summed E-state index contributed by atoms with van der Waals surface area (Å²) in [4.78, 5) is 26.3. The summed E-state index contributed by atoms with van der Waals surface area (Å²) in [5.41, 5.74) is 0. The van der Waals surface area contributed by atoms with Crippen molar-refractivity contribution in [3.63, 3.8) is 0 Å². The van der Waals surface area contributed by atoms with Crippen molar-refractivity contribution in [1.82, 2.24) is 20.1 Å². The Morgan fingerprint density at radius 2 is 1.56 bits per heavy atom. The zero-order valence-corrected chi connectivity index (χ0v) is 9.88. The second-order valence-electron chi connectivity index (χ2n) is 4.26. The van der Waals surface area contributed by atoms with Crippen LogP contribution in [0.2, 0.25) is 0 Å². The fourth-order valence-corrected chi connectivity index (χ4v) is 2.24. The minimum atomic E-state index is -0.370. The topological polar surface area (TPSA) is 104 Å². The average Bonchev–Trinajstić information content (AvgIpc) is 2.88. The molecule has 3 rings (SSSR count). The molecule has 3 heterocycles. The van der Waals surface area contributed by atoms with Gasteiger partial charge >= 0.3 is 0 Å². The molecule has 0 aromatic carbocycles. The van der Waals surface area contributed by atoms with Crippen molar-refractivity contribution in [3.05, 3.63) is 0 Å². The maximum absolute atomic E-state index is 11.6. The summed E-state index contributed by atoms with van der Waals surface area (Å²) in [5.74, 6) is 0.631. The van der Waals surface area contributed by atoms with Crippen molar-refractivity contribution in [2.24, 2.45) is 0 Å². The number of carbonyl (C=O) groups is 2. The van der Waals surface area contributed by atoms with Gasteiger partial charge in [-0.05, 0) is 10.3 Å². The molecule has 2 atom stereocenters. The van der Waals surface area contributed by atoms with Gasteiger partial charge in [0.2, 0.25) is 23.5 Å². The van der Waals surface area contributed by atoms with Gasteiger partial charge in [-0.25, -0.2) is 4.63 Å².